The summed E-state index contributed by atoms with van der Waals surface area (Å²) in [5, 5.41) is -1.97. The summed E-state index contributed by atoms with van der Waals surface area (Å²) < 4.78 is 38.1. The molecule has 29 heavy (non-hydrogen) atoms. The molecule has 0 radical (unpaired) electrons. The van der Waals surface area contributed by atoms with E-state index in [1.54, 1.807) is 41.5 Å². The number of likely N-dealkylation sites (tertiary alicyclic amines) is 2. The third-order valence-corrected chi connectivity index (χ3v) is 7.41. The van der Waals surface area contributed by atoms with E-state index in [2.05, 4.69) is 0 Å². The predicted octanol–water partition coefficient (Wildman–Crippen LogP) is 3.90. The van der Waals surface area contributed by atoms with Gasteiger partial charge in [-0.05, 0) is 80.1 Å². The number of nitrogens with zero attached hydrogens (tertiary/aromatic N) is 2. The van der Waals surface area contributed by atoms with Crippen molar-refractivity contribution in [1.82, 2.24) is 9.80 Å². The van der Waals surface area contributed by atoms with Crippen molar-refractivity contribution < 1.29 is 27.5 Å². The van der Waals surface area contributed by atoms with Crippen LogP contribution < -0.4 is 0 Å². The van der Waals surface area contributed by atoms with Crippen molar-refractivity contribution in [3.63, 3.8) is 0 Å². The standard InChI is InChI=1S/C20H36N2O6S/c1-19(2,3)27-17(23)21-13-9-7-11-15(21)29(25,26)16-12-8-10-14-22(16)18(24)28-20(4,5)6/h15-16H,7-14H2,1-6H3. The summed E-state index contributed by atoms with van der Waals surface area (Å²) >= 11 is 0. The largest absolute Gasteiger partial charge is 0.444 e. The van der Waals surface area contributed by atoms with Gasteiger partial charge in [0, 0.05) is 13.1 Å². The van der Waals surface area contributed by atoms with Gasteiger partial charge in [0.05, 0.1) is 0 Å². The third-order valence-electron chi connectivity index (χ3n) is 4.91. The molecular weight excluding hydrogens is 396 g/mol. The fourth-order valence-corrected chi connectivity index (χ4v) is 6.17. The van der Waals surface area contributed by atoms with Crippen molar-refractivity contribution in [3.05, 3.63) is 0 Å². The highest BCUT2D eigenvalue weighted by molar-refractivity contribution is 7.92. The second-order valence-corrected chi connectivity index (χ2v) is 12.1. The maximum absolute atomic E-state index is 13.6. The van der Waals surface area contributed by atoms with Crippen molar-refractivity contribution >= 4 is 22.0 Å². The number of ether oxygens (including phenoxy) is 2. The van der Waals surface area contributed by atoms with Crippen LogP contribution >= 0.6 is 0 Å². The number of hydrogen-bond acceptors (Lipinski definition) is 6. The minimum atomic E-state index is -3.83. The Kier molecular flexibility index (Phi) is 7.13. The lowest BCUT2D eigenvalue weighted by molar-refractivity contribution is 0.0149. The summed E-state index contributed by atoms with van der Waals surface area (Å²) in [5.41, 5.74) is -1.42. The molecule has 2 saturated heterocycles. The topological polar surface area (TPSA) is 93.2 Å². The number of sulfone groups is 1. The molecule has 8 nitrogen and oxygen atoms in total. The minimum absolute atomic E-state index is 0.331. The van der Waals surface area contributed by atoms with Crippen LogP contribution in [0, 0.1) is 0 Å². The Hall–Kier alpha value is -1.51. The summed E-state index contributed by atoms with van der Waals surface area (Å²) in [4.78, 5) is 28.0. The molecule has 2 atom stereocenters. The van der Waals surface area contributed by atoms with Crippen molar-refractivity contribution in [3.8, 4) is 0 Å². The maximum atomic E-state index is 13.6. The van der Waals surface area contributed by atoms with E-state index in [-0.39, 0.29) is 0 Å². The molecule has 2 rings (SSSR count). The molecule has 0 aromatic heterocycles. The molecule has 2 aliphatic heterocycles. The maximum Gasteiger partial charge on any atom is 0.411 e. The van der Waals surface area contributed by atoms with Gasteiger partial charge in [-0.25, -0.2) is 18.0 Å². The average Bonchev–Trinajstić information content (AvgIpc) is 2.59. The van der Waals surface area contributed by atoms with Crippen LogP contribution in [0.15, 0.2) is 0 Å². The fraction of sp³-hybridized carbons (Fsp3) is 0.900. The van der Waals surface area contributed by atoms with Gasteiger partial charge < -0.3 is 9.47 Å². The molecule has 2 amide bonds. The quantitative estimate of drug-likeness (QED) is 0.657. The Labute approximate surface area is 174 Å². The van der Waals surface area contributed by atoms with Crippen LogP contribution in [0.25, 0.3) is 0 Å². The summed E-state index contributed by atoms with van der Waals surface area (Å²) in [5.74, 6) is 0. The zero-order chi connectivity index (χ0) is 22.0. The lowest BCUT2D eigenvalue weighted by atomic mass is 10.1. The third kappa shape index (κ3) is 6.23. The summed E-state index contributed by atoms with van der Waals surface area (Å²) in [6.07, 6.45) is 2.33. The Morgan fingerprint density at radius 1 is 0.724 bits per heavy atom. The first-order valence-corrected chi connectivity index (χ1v) is 12.1. The van der Waals surface area contributed by atoms with Crippen molar-refractivity contribution in [2.75, 3.05) is 13.1 Å². The van der Waals surface area contributed by atoms with E-state index in [1.165, 1.54) is 9.80 Å². The van der Waals surface area contributed by atoms with Crippen molar-refractivity contribution in [2.24, 2.45) is 0 Å². The Morgan fingerprint density at radius 2 is 1.07 bits per heavy atom. The van der Waals surface area contributed by atoms with Crippen LogP contribution in [-0.2, 0) is 19.3 Å². The molecule has 9 heteroatoms. The summed E-state index contributed by atoms with van der Waals surface area (Å²) in [6, 6.07) is 0. The van der Waals surface area contributed by atoms with Crippen LogP contribution in [0.4, 0.5) is 9.59 Å². The molecule has 0 spiro atoms. The van der Waals surface area contributed by atoms with Crippen LogP contribution in [0.2, 0.25) is 0 Å². The van der Waals surface area contributed by atoms with E-state index >= 15 is 0 Å². The fourth-order valence-electron chi connectivity index (χ4n) is 3.73. The molecule has 0 aromatic carbocycles. The van der Waals surface area contributed by atoms with Gasteiger partial charge in [-0.1, -0.05) is 0 Å². The molecule has 0 aromatic rings. The molecule has 2 unspecified atom stereocenters. The molecule has 168 valence electrons. The molecule has 2 fully saturated rings. The second kappa shape index (κ2) is 8.70. The molecule has 2 heterocycles. The monoisotopic (exact) mass is 432 g/mol. The van der Waals surface area contributed by atoms with Crippen LogP contribution in [0.1, 0.15) is 80.1 Å². The van der Waals surface area contributed by atoms with Gasteiger partial charge >= 0.3 is 12.2 Å². The lowest BCUT2D eigenvalue weighted by Gasteiger charge is -2.42. The van der Waals surface area contributed by atoms with Crippen molar-refractivity contribution in [1.29, 1.82) is 0 Å². The van der Waals surface area contributed by atoms with E-state index in [0.29, 0.717) is 38.8 Å². The molecule has 2 aliphatic rings. The second-order valence-electron chi connectivity index (χ2n) is 9.84. The number of carbonyl (C=O) groups is 2. The van der Waals surface area contributed by atoms with Crippen LogP contribution in [0.5, 0.6) is 0 Å². The highest BCUT2D eigenvalue weighted by Gasteiger charge is 2.47. The van der Waals surface area contributed by atoms with E-state index in [9.17, 15) is 18.0 Å². The zero-order valence-corrected chi connectivity index (χ0v) is 19.4. The van der Waals surface area contributed by atoms with Crippen LogP contribution in [0.3, 0.4) is 0 Å². The molecule has 0 bridgehead atoms. The number of piperidine rings is 2. The van der Waals surface area contributed by atoms with Gasteiger partial charge in [-0.15, -0.1) is 0 Å². The summed E-state index contributed by atoms with van der Waals surface area (Å²) in [6.45, 7) is 11.2. The first-order valence-electron chi connectivity index (χ1n) is 10.4. The number of hydrogen-bond donors (Lipinski definition) is 0. The molecule has 0 N–H and O–H groups in total. The van der Waals surface area contributed by atoms with Gasteiger partial charge in [0.25, 0.3) is 0 Å². The average molecular weight is 433 g/mol. The van der Waals surface area contributed by atoms with Gasteiger partial charge in [0.2, 0.25) is 0 Å². The van der Waals surface area contributed by atoms with Gasteiger partial charge in [0.15, 0.2) is 9.84 Å². The Morgan fingerprint density at radius 3 is 1.38 bits per heavy atom. The first kappa shape index (κ1) is 23.8. The molecular formula is C20H36N2O6S. The Balaban J connectivity index is 2.28. The zero-order valence-electron chi connectivity index (χ0n) is 18.6. The SMILES string of the molecule is CC(C)(C)OC(=O)N1CCCCC1S(=O)(=O)C1CCCCN1C(=O)OC(C)(C)C. The number of amides is 2. The number of carbonyl (C=O) groups excluding carboxylic acids is 2. The highest BCUT2D eigenvalue weighted by atomic mass is 32.2. The van der Waals surface area contributed by atoms with Gasteiger partial charge in [-0.3, -0.25) is 9.80 Å². The van der Waals surface area contributed by atoms with Crippen molar-refractivity contribution in [2.45, 2.75) is 102 Å². The van der Waals surface area contributed by atoms with E-state index < -0.39 is 44.0 Å². The number of rotatable bonds is 2. The van der Waals surface area contributed by atoms with E-state index in [0.717, 1.165) is 12.8 Å². The van der Waals surface area contributed by atoms with Gasteiger partial charge in [-0.2, -0.15) is 0 Å². The van der Waals surface area contributed by atoms with Crippen LogP contribution in [-0.4, -0.2) is 65.4 Å². The van der Waals surface area contributed by atoms with E-state index in [4.69, 9.17) is 9.47 Å². The smallest absolute Gasteiger partial charge is 0.411 e. The van der Waals surface area contributed by atoms with E-state index in [1.807, 2.05) is 0 Å². The minimum Gasteiger partial charge on any atom is -0.444 e. The normalized spacial score (nSPS) is 24.2. The molecule has 0 saturated carbocycles. The summed E-state index contributed by atoms with van der Waals surface area (Å²) in [7, 11) is -3.83. The predicted molar refractivity (Wildman–Crippen MR) is 110 cm³/mol. The molecule has 0 aliphatic carbocycles. The first-order chi connectivity index (χ1) is 13.2. The van der Waals surface area contributed by atoms with Gasteiger partial charge in [0.1, 0.15) is 21.9 Å². The highest BCUT2D eigenvalue weighted by Crippen LogP contribution is 2.32. The Bertz CT molecular complexity index is 653. The lowest BCUT2D eigenvalue weighted by Crippen LogP contribution is -2.57.